The lowest BCUT2D eigenvalue weighted by molar-refractivity contribution is -0.155. The van der Waals surface area contributed by atoms with E-state index in [0.717, 1.165) is 5.56 Å². The van der Waals surface area contributed by atoms with Gasteiger partial charge in [-0.3, -0.25) is 4.79 Å². The summed E-state index contributed by atoms with van der Waals surface area (Å²) >= 11 is 0. The summed E-state index contributed by atoms with van der Waals surface area (Å²) in [7, 11) is 0. The normalized spacial score (nSPS) is 15.0. The molecular formula is C15H20O5. The second-order valence-electron chi connectivity index (χ2n) is 5.78. The summed E-state index contributed by atoms with van der Waals surface area (Å²) in [5.41, 5.74) is 0.314. The third-order valence-corrected chi connectivity index (χ3v) is 2.92. The van der Waals surface area contributed by atoms with Crippen molar-refractivity contribution in [2.75, 3.05) is 13.4 Å². The summed E-state index contributed by atoms with van der Waals surface area (Å²) in [6.07, 6.45) is 0.132. The molecule has 2 rings (SSSR count). The van der Waals surface area contributed by atoms with E-state index in [1.54, 1.807) is 12.1 Å². The molecule has 1 aliphatic heterocycles. The summed E-state index contributed by atoms with van der Waals surface area (Å²) in [4.78, 5) is 11.8. The number of carbonyl (C=O) groups excluding carboxylic acids is 1. The van der Waals surface area contributed by atoms with Gasteiger partial charge >= 0.3 is 5.97 Å². The topological polar surface area (TPSA) is 65.0 Å². The van der Waals surface area contributed by atoms with Crippen molar-refractivity contribution >= 4 is 5.97 Å². The number of ether oxygens (including phenoxy) is 3. The number of rotatable bonds is 4. The van der Waals surface area contributed by atoms with Crippen LogP contribution in [0.4, 0.5) is 0 Å². The molecule has 1 aromatic rings. The Morgan fingerprint density at radius 1 is 1.35 bits per heavy atom. The van der Waals surface area contributed by atoms with Gasteiger partial charge in [-0.15, -0.1) is 0 Å². The third-order valence-electron chi connectivity index (χ3n) is 2.92. The van der Waals surface area contributed by atoms with Crippen LogP contribution < -0.4 is 9.47 Å². The summed E-state index contributed by atoms with van der Waals surface area (Å²) in [5.74, 6) is 0.696. The first-order valence-corrected chi connectivity index (χ1v) is 6.61. The van der Waals surface area contributed by atoms with Crippen molar-refractivity contribution in [2.24, 2.45) is 0 Å². The van der Waals surface area contributed by atoms with E-state index in [1.165, 1.54) is 0 Å². The fraction of sp³-hybridized carbons (Fsp3) is 0.533. The van der Waals surface area contributed by atoms with Crippen LogP contribution in [0.5, 0.6) is 11.5 Å². The highest BCUT2D eigenvalue weighted by Crippen LogP contribution is 2.35. The van der Waals surface area contributed by atoms with E-state index >= 15 is 0 Å². The van der Waals surface area contributed by atoms with Crippen molar-refractivity contribution in [3.63, 3.8) is 0 Å². The number of fused-ring (bicyclic) bond motifs is 1. The predicted molar refractivity (Wildman–Crippen MR) is 72.9 cm³/mol. The lowest BCUT2D eigenvalue weighted by atomic mass is 9.96. The van der Waals surface area contributed by atoms with Crippen LogP contribution in [0.15, 0.2) is 18.2 Å². The van der Waals surface area contributed by atoms with Gasteiger partial charge in [0.05, 0.1) is 13.0 Å². The molecule has 20 heavy (non-hydrogen) atoms. The van der Waals surface area contributed by atoms with Gasteiger partial charge in [0.1, 0.15) is 5.60 Å². The largest absolute Gasteiger partial charge is 0.460 e. The molecule has 0 radical (unpaired) electrons. The first-order chi connectivity index (χ1) is 9.39. The van der Waals surface area contributed by atoms with Crippen LogP contribution in [0.25, 0.3) is 0 Å². The summed E-state index contributed by atoms with van der Waals surface area (Å²) in [6.45, 7) is 5.53. The Labute approximate surface area is 118 Å². The molecule has 1 aliphatic rings. The SMILES string of the molecule is CC(C)(C)OC(=O)C[C@H](CO)c1ccc2c(c1)OCO2. The Morgan fingerprint density at radius 2 is 2.05 bits per heavy atom. The Balaban J connectivity index is 2.06. The minimum Gasteiger partial charge on any atom is -0.460 e. The van der Waals surface area contributed by atoms with Crippen LogP contribution in [0, 0.1) is 0 Å². The molecule has 0 saturated heterocycles. The highest BCUT2D eigenvalue weighted by Gasteiger charge is 2.23. The number of carbonyl (C=O) groups is 1. The molecule has 1 heterocycles. The van der Waals surface area contributed by atoms with Crippen LogP contribution in [-0.4, -0.2) is 30.1 Å². The molecule has 0 aliphatic carbocycles. The molecule has 0 unspecified atom stereocenters. The van der Waals surface area contributed by atoms with E-state index in [2.05, 4.69) is 0 Å². The molecule has 0 bridgehead atoms. The highest BCUT2D eigenvalue weighted by molar-refractivity contribution is 5.71. The predicted octanol–water partition coefficient (Wildman–Crippen LogP) is 2.22. The zero-order valence-corrected chi connectivity index (χ0v) is 12.0. The second-order valence-corrected chi connectivity index (χ2v) is 5.78. The number of aliphatic hydroxyl groups excluding tert-OH is 1. The van der Waals surface area contributed by atoms with Crippen molar-refractivity contribution in [1.82, 2.24) is 0 Å². The molecular weight excluding hydrogens is 260 g/mol. The molecule has 0 fully saturated rings. The van der Waals surface area contributed by atoms with Crippen LogP contribution in [0.2, 0.25) is 0 Å². The quantitative estimate of drug-likeness (QED) is 0.857. The zero-order valence-electron chi connectivity index (χ0n) is 12.0. The van der Waals surface area contributed by atoms with E-state index in [9.17, 15) is 9.90 Å². The summed E-state index contributed by atoms with van der Waals surface area (Å²) in [5, 5.41) is 9.50. The monoisotopic (exact) mass is 280 g/mol. The number of hydrogen-bond acceptors (Lipinski definition) is 5. The lowest BCUT2D eigenvalue weighted by Crippen LogP contribution is -2.25. The molecule has 0 saturated carbocycles. The van der Waals surface area contributed by atoms with Crippen molar-refractivity contribution in [3.05, 3.63) is 23.8 Å². The first kappa shape index (κ1) is 14.7. The van der Waals surface area contributed by atoms with Gasteiger partial charge in [-0.1, -0.05) is 6.07 Å². The Bertz CT molecular complexity index is 490. The minimum absolute atomic E-state index is 0.126. The molecule has 0 spiro atoms. The maximum Gasteiger partial charge on any atom is 0.307 e. The van der Waals surface area contributed by atoms with Gasteiger partial charge in [0.25, 0.3) is 0 Å². The maximum atomic E-state index is 11.8. The maximum absolute atomic E-state index is 11.8. The lowest BCUT2D eigenvalue weighted by Gasteiger charge is -2.21. The molecule has 5 heteroatoms. The van der Waals surface area contributed by atoms with Crippen molar-refractivity contribution in [1.29, 1.82) is 0 Å². The highest BCUT2D eigenvalue weighted by atomic mass is 16.7. The Kier molecular flexibility index (Phi) is 4.18. The van der Waals surface area contributed by atoms with E-state index in [-0.39, 0.29) is 31.7 Å². The van der Waals surface area contributed by atoms with Crippen LogP contribution in [-0.2, 0) is 9.53 Å². The number of benzene rings is 1. The van der Waals surface area contributed by atoms with Crippen molar-refractivity contribution in [3.8, 4) is 11.5 Å². The molecule has 0 amide bonds. The van der Waals surface area contributed by atoms with Gasteiger partial charge in [0.2, 0.25) is 6.79 Å². The van der Waals surface area contributed by atoms with E-state index < -0.39 is 5.60 Å². The van der Waals surface area contributed by atoms with Gasteiger partial charge in [0, 0.05) is 5.92 Å². The van der Waals surface area contributed by atoms with Gasteiger partial charge in [-0.2, -0.15) is 0 Å². The van der Waals surface area contributed by atoms with E-state index in [1.807, 2.05) is 26.8 Å². The zero-order chi connectivity index (χ0) is 14.8. The van der Waals surface area contributed by atoms with Crippen LogP contribution >= 0.6 is 0 Å². The summed E-state index contributed by atoms with van der Waals surface area (Å²) < 4.78 is 15.8. The molecule has 1 aromatic carbocycles. The molecule has 5 nitrogen and oxygen atoms in total. The van der Waals surface area contributed by atoms with Gasteiger partial charge in [0.15, 0.2) is 11.5 Å². The molecule has 0 aromatic heterocycles. The van der Waals surface area contributed by atoms with E-state index in [0.29, 0.717) is 11.5 Å². The Morgan fingerprint density at radius 3 is 2.70 bits per heavy atom. The fourth-order valence-corrected chi connectivity index (χ4v) is 2.04. The average Bonchev–Trinajstić information content (AvgIpc) is 2.80. The fourth-order valence-electron chi connectivity index (χ4n) is 2.04. The standard InChI is InChI=1S/C15H20O5/c1-15(2,3)20-14(17)7-11(8-16)10-4-5-12-13(6-10)19-9-18-12/h4-6,11,16H,7-9H2,1-3H3/t11-/m1/s1. The van der Waals surface area contributed by atoms with Crippen molar-refractivity contribution < 1.29 is 24.1 Å². The molecule has 1 N–H and O–H groups in total. The molecule has 110 valence electrons. The van der Waals surface area contributed by atoms with Crippen molar-refractivity contribution in [2.45, 2.75) is 38.7 Å². The first-order valence-electron chi connectivity index (χ1n) is 6.61. The second kappa shape index (κ2) is 5.71. The Hall–Kier alpha value is -1.75. The van der Waals surface area contributed by atoms with Gasteiger partial charge < -0.3 is 19.3 Å². The van der Waals surface area contributed by atoms with Gasteiger partial charge in [-0.05, 0) is 38.5 Å². The van der Waals surface area contributed by atoms with Gasteiger partial charge in [-0.25, -0.2) is 0 Å². The minimum atomic E-state index is -0.522. The smallest absolute Gasteiger partial charge is 0.307 e. The average molecular weight is 280 g/mol. The van der Waals surface area contributed by atoms with E-state index in [4.69, 9.17) is 14.2 Å². The summed E-state index contributed by atoms with van der Waals surface area (Å²) in [6, 6.07) is 5.42. The van der Waals surface area contributed by atoms with Crippen LogP contribution in [0.1, 0.15) is 38.7 Å². The number of aliphatic hydroxyl groups is 1. The number of hydrogen-bond donors (Lipinski definition) is 1. The number of esters is 1. The van der Waals surface area contributed by atoms with Crippen LogP contribution in [0.3, 0.4) is 0 Å². The molecule has 1 atom stereocenters. The third kappa shape index (κ3) is 3.63.